The number of carbonyl (C=O) groups excluding carboxylic acids is 1. The van der Waals surface area contributed by atoms with Gasteiger partial charge in [-0.05, 0) is 24.5 Å². The van der Waals surface area contributed by atoms with Gasteiger partial charge in [0.05, 0.1) is 4.92 Å². The zero-order valence-corrected chi connectivity index (χ0v) is 12.2. The first-order valence-electron chi connectivity index (χ1n) is 6.16. The van der Waals surface area contributed by atoms with E-state index in [1.807, 2.05) is 4.90 Å². The first kappa shape index (κ1) is 14.0. The van der Waals surface area contributed by atoms with Gasteiger partial charge in [-0.25, -0.2) is 0 Å². The van der Waals surface area contributed by atoms with Crippen LogP contribution in [0.25, 0.3) is 0 Å². The molecule has 0 aliphatic carbocycles. The van der Waals surface area contributed by atoms with Crippen molar-refractivity contribution in [2.75, 3.05) is 11.9 Å². The lowest BCUT2D eigenvalue weighted by Gasteiger charge is -2.25. The topological polar surface area (TPSA) is 63.5 Å². The van der Waals surface area contributed by atoms with Crippen molar-refractivity contribution in [3.05, 3.63) is 39.9 Å². The summed E-state index contributed by atoms with van der Waals surface area (Å²) >= 11 is 3.45. The second-order valence-electron chi connectivity index (χ2n) is 4.79. The summed E-state index contributed by atoms with van der Waals surface area (Å²) in [6.07, 6.45) is 0.995. The van der Waals surface area contributed by atoms with Gasteiger partial charge < -0.3 is 4.90 Å². The monoisotopic (exact) mass is 326 g/mol. The Balaban J connectivity index is 2.17. The Bertz CT molecular complexity index is 489. The number of hydrogen-bond donors (Lipinski definition) is 0. The Kier molecular flexibility index (Phi) is 4.19. The summed E-state index contributed by atoms with van der Waals surface area (Å²) in [5.41, 5.74) is 0.508. The van der Waals surface area contributed by atoms with Crippen molar-refractivity contribution in [3.8, 4) is 0 Å². The van der Waals surface area contributed by atoms with Crippen LogP contribution in [-0.4, -0.2) is 33.6 Å². The van der Waals surface area contributed by atoms with Crippen LogP contribution >= 0.6 is 15.9 Å². The van der Waals surface area contributed by atoms with Gasteiger partial charge in [0.15, 0.2) is 0 Å². The molecule has 2 unspecified atom stereocenters. The predicted octanol–water partition coefficient (Wildman–Crippen LogP) is 2.84. The van der Waals surface area contributed by atoms with Gasteiger partial charge in [0, 0.05) is 35.6 Å². The maximum Gasteiger partial charge on any atom is 0.269 e. The molecule has 2 rings (SSSR count). The lowest BCUT2D eigenvalue weighted by Crippen LogP contribution is -2.38. The molecule has 0 N–H and O–H groups in total. The van der Waals surface area contributed by atoms with E-state index in [0.717, 1.165) is 18.3 Å². The zero-order chi connectivity index (χ0) is 14.0. The molecule has 1 fully saturated rings. The van der Waals surface area contributed by atoms with Crippen molar-refractivity contribution < 1.29 is 9.72 Å². The first-order valence-corrected chi connectivity index (χ1v) is 7.28. The molecule has 1 heterocycles. The third-order valence-electron chi connectivity index (χ3n) is 3.63. The summed E-state index contributed by atoms with van der Waals surface area (Å²) in [6, 6.07) is 5.98. The number of carbonyl (C=O) groups is 1. The summed E-state index contributed by atoms with van der Waals surface area (Å²) < 4.78 is 0. The molecule has 2 atom stereocenters. The zero-order valence-electron chi connectivity index (χ0n) is 10.6. The summed E-state index contributed by atoms with van der Waals surface area (Å²) in [6.45, 7) is 2.88. The number of nitrogens with zero attached hydrogens (tertiary/aromatic N) is 2. The van der Waals surface area contributed by atoms with Crippen LogP contribution < -0.4 is 0 Å². The van der Waals surface area contributed by atoms with Crippen molar-refractivity contribution in [3.63, 3.8) is 0 Å². The SMILES string of the molecule is CC1CCN(C(=O)c2ccc([N+](=O)[O-])cc2)C1CBr. The van der Waals surface area contributed by atoms with Crippen molar-refractivity contribution in [2.45, 2.75) is 19.4 Å². The van der Waals surface area contributed by atoms with Crippen LogP contribution in [0.4, 0.5) is 5.69 Å². The molecular formula is C13H15BrN2O3. The second kappa shape index (κ2) is 5.69. The molecule has 1 aromatic rings. The van der Waals surface area contributed by atoms with Crippen LogP contribution in [0.3, 0.4) is 0 Å². The summed E-state index contributed by atoms with van der Waals surface area (Å²) in [7, 11) is 0. The Morgan fingerprint density at radius 3 is 2.63 bits per heavy atom. The van der Waals surface area contributed by atoms with Crippen LogP contribution in [0.1, 0.15) is 23.7 Å². The number of nitro benzene ring substituents is 1. The van der Waals surface area contributed by atoms with E-state index in [0.29, 0.717) is 11.5 Å². The minimum absolute atomic E-state index is 0.00313. The fourth-order valence-electron chi connectivity index (χ4n) is 2.39. The summed E-state index contributed by atoms with van der Waals surface area (Å²) in [5.74, 6) is 0.421. The molecule has 5 nitrogen and oxygen atoms in total. The summed E-state index contributed by atoms with van der Waals surface area (Å²) in [5, 5.41) is 11.3. The largest absolute Gasteiger partial charge is 0.335 e. The van der Waals surface area contributed by atoms with E-state index in [1.165, 1.54) is 24.3 Å². The number of likely N-dealkylation sites (tertiary alicyclic amines) is 1. The van der Waals surface area contributed by atoms with E-state index < -0.39 is 4.92 Å². The van der Waals surface area contributed by atoms with Crippen LogP contribution in [0.5, 0.6) is 0 Å². The van der Waals surface area contributed by atoms with Crippen LogP contribution in [0.15, 0.2) is 24.3 Å². The van der Waals surface area contributed by atoms with Crippen molar-refractivity contribution >= 4 is 27.5 Å². The number of benzene rings is 1. The Morgan fingerprint density at radius 1 is 1.47 bits per heavy atom. The molecular weight excluding hydrogens is 312 g/mol. The van der Waals surface area contributed by atoms with Gasteiger partial charge in [-0.15, -0.1) is 0 Å². The Hall–Kier alpha value is -1.43. The van der Waals surface area contributed by atoms with E-state index in [4.69, 9.17) is 0 Å². The molecule has 0 spiro atoms. The number of rotatable bonds is 3. The molecule has 0 bridgehead atoms. The number of alkyl halides is 1. The highest BCUT2D eigenvalue weighted by Crippen LogP contribution is 2.27. The minimum atomic E-state index is -0.465. The van der Waals surface area contributed by atoms with Gasteiger partial charge >= 0.3 is 0 Å². The molecule has 1 amide bonds. The molecule has 19 heavy (non-hydrogen) atoms. The van der Waals surface area contributed by atoms with E-state index in [2.05, 4.69) is 22.9 Å². The first-order chi connectivity index (χ1) is 9.04. The second-order valence-corrected chi connectivity index (χ2v) is 5.44. The number of non-ortho nitro benzene ring substituents is 1. The molecule has 0 aromatic heterocycles. The molecule has 6 heteroatoms. The maximum absolute atomic E-state index is 12.4. The molecule has 1 saturated heterocycles. The van der Waals surface area contributed by atoms with Gasteiger partial charge in [0.25, 0.3) is 11.6 Å². The van der Waals surface area contributed by atoms with Gasteiger partial charge in [-0.3, -0.25) is 14.9 Å². The fourth-order valence-corrected chi connectivity index (χ4v) is 3.37. The van der Waals surface area contributed by atoms with Gasteiger partial charge in [0.1, 0.15) is 0 Å². The van der Waals surface area contributed by atoms with Crippen LogP contribution in [0, 0.1) is 16.0 Å². The molecule has 102 valence electrons. The van der Waals surface area contributed by atoms with E-state index in [9.17, 15) is 14.9 Å². The number of halogens is 1. The fraction of sp³-hybridized carbons (Fsp3) is 0.462. The molecule has 1 aromatic carbocycles. The van der Waals surface area contributed by atoms with E-state index in [1.54, 1.807) is 0 Å². The average Bonchev–Trinajstić information content (AvgIpc) is 2.79. The van der Waals surface area contributed by atoms with Crippen LogP contribution in [-0.2, 0) is 0 Å². The molecule has 1 aliphatic heterocycles. The van der Waals surface area contributed by atoms with Crippen LogP contribution in [0.2, 0.25) is 0 Å². The number of nitro groups is 1. The van der Waals surface area contributed by atoms with Gasteiger partial charge in [-0.1, -0.05) is 22.9 Å². The number of hydrogen-bond acceptors (Lipinski definition) is 3. The average molecular weight is 327 g/mol. The van der Waals surface area contributed by atoms with E-state index >= 15 is 0 Å². The standard InChI is InChI=1S/C13H15BrN2O3/c1-9-6-7-15(12(9)8-14)13(17)10-2-4-11(5-3-10)16(18)19/h2-5,9,12H,6-8H2,1H3. The quantitative estimate of drug-likeness (QED) is 0.487. The Labute approximate surface area is 119 Å². The number of amides is 1. The molecule has 0 saturated carbocycles. The smallest absolute Gasteiger partial charge is 0.269 e. The normalized spacial score (nSPS) is 22.5. The molecule has 0 radical (unpaired) electrons. The Morgan fingerprint density at radius 2 is 2.11 bits per heavy atom. The maximum atomic E-state index is 12.4. The molecule has 1 aliphatic rings. The van der Waals surface area contributed by atoms with Gasteiger partial charge in [0.2, 0.25) is 0 Å². The summed E-state index contributed by atoms with van der Waals surface area (Å²) in [4.78, 5) is 24.3. The third-order valence-corrected chi connectivity index (χ3v) is 4.29. The minimum Gasteiger partial charge on any atom is -0.335 e. The highest BCUT2D eigenvalue weighted by atomic mass is 79.9. The van der Waals surface area contributed by atoms with E-state index in [-0.39, 0.29) is 17.6 Å². The highest BCUT2D eigenvalue weighted by Gasteiger charge is 2.33. The third kappa shape index (κ3) is 2.78. The lowest BCUT2D eigenvalue weighted by atomic mass is 10.0. The highest BCUT2D eigenvalue weighted by molar-refractivity contribution is 9.09. The predicted molar refractivity (Wildman–Crippen MR) is 75.5 cm³/mol. The van der Waals surface area contributed by atoms with Crippen molar-refractivity contribution in [1.29, 1.82) is 0 Å². The van der Waals surface area contributed by atoms with Gasteiger partial charge in [-0.2, -0.15) is 0 Å². The lowest BCUT2D eigenvalue weighted by molar-refractivity contribution is -0.384. The van der Waals surface area contributed by atoms with Crippen molar-refractivity contribution in [1.82, 2.24) is 4.90 Å². The van der Waals surface area contributed by atoms with Crippen molar-refractivity contribution in [2.24, 2.45) is 5.92 Å².